The van der Waals surface area contributed by atoms with Crippen molar-refractivity contribution >= 4 is 44.6 Å². The Balaban J connectivity index is 1.05. The third-order valence-corrected chi connectivity index (χ3v) is 12.0. The number of hydrogen-bond donors (Lipinski definition) is 0. The average molecular weight is 795 g/mol. The Bertz CT molecular complexity index is 3060. The third-order valence-electron chi connectivity index (χ3n) is 12.0. The van der Waals surface area contributed by atoms with Crippen LogP contribution >= 0.6 is 0 Å². The molecule has 1 aliphatic rings. The van der Waals surface area contributed by atoms with Gasteiger partial charge in [-0.1, -0.05) is 151 Å². The first-order chi connectivity index (χ1) is 29.5. The fraction of sp³-hybridized carbons (Fsp3) is 0.161. The van der Waals surface area contributed by atoms with Crippen molar-refractivity contribution in [3.63, 3.8) is 0 Å². The normalized spacial score (nSPS) is 13.0. The molecule has 0 unspecified atom stereocenters. The van der Waals surface area contributed by atoms with Crippen LogP contribution in [0.3, 0.4) is 0 Å². The summed E-state index contributed by atoms with van der Waals surface area (Å²) >= 11 is 0. The van der Waals surface area contributed by atoms with Crippen LogP contribution in [-0.2, 0) is 10.8 Å². The van der Waals surface area contributed by atoms with E-state index in [0.717, 1.165) is 56.2 Å². The molecule has 0 saturated heterocycles. The molecule has 5 heteroatoms. The average Bonchev–Trinajstić information content (AvgIpc) is 3.82. The largest absolute Gasteiger partial charge is 0.457 e. The van der Waals surface area contributed by atoms with E-state index in [9.17, 15) is 0 Å². The first-order valence-corrected chi connectivity index (χ1v) is 21.2. The second-order valence-electron chi connectivity index (χ2n) is 18.2. The molecule has 0 bridgehead atoms. The fourth-order valence-corrected chi connectivity index (χ4v) is 8.78. The van der Waals surface area contributed by atoms with E-state index >= 15 is 0 Å². The first-order valence-electron chi connectivity index (χ1n) is 21.2. The van der Waals surface area contributed by atoms with Gasteiger partial charge in [0.05, 0.1) is 28.1 Å². The molecule has 1 aliphatic heterocycles. The predicted molar refractivity (Wildman–Crippen MR) is 255 cm³/mol. The van der Waals surface area contributed by atoms with Crippen LogP contribution in [0.15, 0.2) is 182 Å². The van der Waals surface area contributed by atoms with Gasteiger partial charge in [0.15, 0.2) is 0 Å². The van der Waals surface area contributed by atoms with Crippen LogP contribution in [0.5, 0.6) is 11.5 Å². The van der Waals surface area contributed by atoms with Crippen molar-refractivity contribution in [3.05, 3.63) is 193 Å². The van der Waals surface area contributed by atoms with Gasteiger partial charge in [-0.05, 0) is 87.7 Å². The van der Waals surface area contributed by atoms with Crippen LogP contribution in [0.25, 0.3) is 49.9 Å². The van der Waals surface area contributed by atoms with Crippen LogP contribution < -0.4 is 14.5 Å². The quantitative estimate of drug-likeness (QED) is 0.161. The number of pyridine rings is 1. The Morgan fingerprint density at radius 1 is 0.475 bits per heavy atom. The number of aromatic nitrogens is 2. The Labute approximate surface area is 359 Å². The Morgan fingerprint density at radius 3 is 1.84 bits per heavy atom. The molecular formula is C56H50N4O. The van der Waals surface area contributed by atoms with Crippen LogP contribution in [-0.4, -0.2) is 16.2 Å². The van der Waals surface area contributed by atoms with Gasteiger partial charge in [-0.25, -0.2) is 4.98 Å². The molecule has 0 atom stereocenters. The highest BCUT2D eigenvalue weighted by atomic mass is 16.5. The lowest BCUT2D eigenvalue weighted by molar-refractivity contribution is 0.483. The van der Waals surface area contributed by atoms with Crippen LogP contribution in [0, 0.1) is 0 Å². The topological polar surface area (TPSA) is 33.5 Å². The molecule has 0 saturated carbocycles. The lowest BCUT2D eigenvalue weighted by Gasteiger charge is -2.27. The van der Waals surface area contributed by atoms with Gasteiger partial charge in [-0.15, -0.1) is 0 Å². The van der Waals surface area contributed by atoms with E-state index in [4.69, 9.17) is 9.72 Å². The molecule has 3 heterocycles. The molecule has 2 aromatic heterocycles. The molecule has 0 radical (unpaired) electrons. The van der Waals surface area contributed by atoms with E-state index in [2.05, 4.69) is 226 Å². The van der Waals surface area contributed by atoms with Crippen molar-refractivity contribution in [1.82, 2.24) is 9.55 Å². The molecule has 0 N–H and O–H groups in total. The standard InChI is InChI=1S/C56H50N4O/c1-55(2,3)40-27-29-45(38-17-9-7-10-18-38)51(33-40)59-37-58(49-25-13-14-26-50(49)59)42-21-15-22-43(35-42)61-44-28-30-47-48-24-16-23-46(39-19-11-8-12-20-39)54(48)60(52(47)36-44)53-34-41(31-32-57-53)56(4,5)6/h7-36H,37H2,1-6H3. The summed E-state index contributed by atoms with van der Waals surface area (Å²) in [7, 11) is 0. The van der Waals surface area contributed by atoms with Crippen molar-refractivity contribution in [1.29, 1.82) is 0 Å². The zero-order chi connectivity index (χ0) is 41.9. The molecule has 0 spiro atoms. The van der Waals surface area contributed by atoms with Gasteiger partial charge in [-0.2, -0.15) is 0 Å². The van der Waals surface area contributed by atoms with Crippen molar-refractivity contribution in [2.24, 2.45) is 0 Å². The molecule has 9 aromatic rings. The highest BCUT2D eigenvalue weighted by Crippen LogP contribution is 2.48. The van der Waals surface area contributed by atoms with Crippen LogP contribution in [0.4, 0.5) is 22.7 Å². The summed E-state index contributed by atoms with van der Waals surface area (Å²) in [5.74, 6) is 2.42. The molecule has 61 heavy (non-hydrogen) atoms. The number of hydrogen-bond acceptors (Lipinski definition) is 4. The molecular weight excluding hydrogens is 745 g/mol. The minimum absolute atomic E-state index is 0.00308. The summed E-state index contributed by atoms with van der Waals surface area (Å²) in [6.45, 7) is 14.3. The smallest absolute Gasteiger partial charge is 0.137 e. The van der Waals surface area contributed by atoms with Gasteiger partial charge in [0.2, 0.25) is 0 Å². The van der Waals surface area contributed by atoms with E-state index in [1.807, 2.05) is 12.3 Å². The lowest BCUT2D eigenvalue weighted by Crippen LogP contribution is -2.25. The summed E-state index contributed by atoms with van der Waals surface area (Å²) in [6.07, 6.45) is 1.94. The summed E-state index contributed by atoms with van der Waals surface area (Å²) in [5.41, 5.74) is 14.0. The second-order valence-corrected chi connectivity index (χ2v) is 18.2. The summed E-state index contributed by atoms with van der Waals surface area (Å²) in [4.78, 5) is 9.85. The molecule has 5 nitrogen and oxygen atoms in total. The van der Waals surface area contributed by atoms with Crippen molar-refractivity contribution in [2.75, 3.05) is 16.5 Å². The molecule has 10 rings (SSSR count). The first kappa shape index (κ1) is 38.1. The van der Waals surface area contributed by atoms with Crippen LogP contribution in [0.2, 0.25) is 0 Å². The summed E-state index contributed by atoms with van der Waals surface area (Å²) < 4.78 is 9.14. The van der Waals surface area contributed by atoms with E-state index in [1.165, 1.54) is 39.0 Å². The Morgan fingerprint density at radius 2 is 1.11 bits per heavy atom. The number of anilines is 4. The Hall–Kier alpha value is -7.11. The molecule has 7 aromatic carbocycles. The predicted octanol–water partition coefficient (Wildman–Crippen LogP) is 15.1. The van der Waals surface area contributed by atoms with Gasteiger partial charge in [0.1, 0.15) is 24.0 Å². The maximum absolute atomic E-state index is 6.82. The van der Waals surface area contributed by atoms with Gasteiger partial charge >= 0.3 is 0 Å². The number of nitrogens with zero attached hydrogens (tertiary/aromatic N) is 4. The molecule has 0 amide bonds. The minimum Gasteiger partial charge on any atom is -0.457 e. The Kier molecular flexibility index (Phi) is 9.29. The number of rotatable bonds is 7. The van der Waals surface area contributed by atoms with Gasteiger partial charge in [0.25, 0.3) is 0 Å². The van der Waals surface area contributed by atoms with Gasteiger partial charge in [-0.3, -0.25) is 4.57 Å². The maximum Gasteiger partial charge on any atom is 0.137 e. The second kappa shape index (κ2) is 14.9. The lowest BCUT2D eigenvalue weighted by atomic mass is 9.85. The molecule has 0 fully saturated rings. The SMILES string of the molecule is CC(C)(C)c1ccnc(-n2c3cc(Oc4cccc(N5CN(c6cc(C(C)(C)C)ccc6-c6ccccc6)c6ccccc65)c4)ccc3c3cccc(-c4ccccc4)c32)c1. The monoisotopic (exact) mass is 794 g/mol. The number of fused-ring (bicyclic) bond motifs is 4. The third kappa shape index (κ3) is 7.00. The zero-order valence-corrected chi connectivity index (χ0v) is 35.7. The van der Waals surface area contributed by atoms with Crippen molar-refractivity contribution in [2.45, 2.75) is 52.4 Å². The number of benzene rings is 7. The maximum atomic E-state index is 6.82. The van der Waals surface area contributed by atoms with E-state index in [0.29, 0.717) is 6.67 Å². The molecule has 0 aliphatic carbocycles. The summed E-state index contributed by atoms with van der Waals surface area (Å²) in [6, 6.07) is 62.9. The molecule has 300 valence electrons. The fourth-order valence-electron chi connectivity index (χ4n) is 8.78. The number of para-hydroxylation sites is 3. The summed E-state index contributed by atoms with van der Waals surface area (Å²) in [5, 5.41) is 2.32. The van der Waals surface area contributed by atoms with Crippen molar-refractivity contribution in [3.8, 4) is 39.6 Å². The van der Waals surface area contributed by atoms with Gasteiger partial charge in [0, 0.05) is 45.9 Å². The van der Waals surface area contributed by atoms with E-state index in [-0.39, 0.29) is 10.8 Å². The number of ether oxygens (including phenoxy) is 1. The highest BCUT2D eigenvalue weighted by molar-refractivity contribution is 6.14. The van der Waals surface area contributed by atoms with E-state index < -0.39 is 0 Å². The highest BCUT2D eigenvalue weighted by Gasteiger charge is 2.31. The minimum atomic E-state index is -0.0362. The van der Waals surface area contributed by atoms with E-state index in [1.54, 1.807) is 0 Å². The van der Waals surface area contributed by atoms with Crippen molar-refractivity contribution < 1.29 is 4.74 Å². The zero-order valence-electron chi connectivity index (χ0n) is 35.7. The van der Waals surface area contributed by atoms with Crippen LogP contribution in [0.1, 0.15) is 52.7 Å². The van der Waals surface area contributed by atoms with Gasteiger partial charge < -0.3 is 14.5 Å².